The number of rotatable bonds is 16. The first kappa shape index (κ1) is 33.7. The third-order valence-corrected chi connectivity index (χ3v) is 9.76. The lowest BCUT2D eigenvalue weighted by Crippen LogP contribution is -2.70. The zero-order valence-corrected chi connectivity index (χ0v) is 27.5. The number of unbranched alkanes of at least 4 members (excludes halogenated alkanes) is 2. The van der Waals surface area contributed by atoms with Crippen molar-refractivity contribution in [2.75, 3.05) is 37.9 Å². The van der Waals surface area contributed by atoms with Crippen LogP contribution < -0.4 is 11.1 Å². The molecule has 1 unspecified atom stereocenters. The molecule has 3 atom stereocenters. The molecule has 4 rings (SSSR count). The molecule has 2 aromatic rings. The molecule has 240 valence electrons. The van der Waals surface area contributed by atoms with E-state index in [0.717, 1.165) is 19.4 Å². The highest BCUT2D eigenvalue weighted by molar-refractivity contribution is 8.01. The lowest BCUT2D eigenvalue weighted by Gasteiger charge is -2.49. The summed E-state index contributed by atoms with van der Waals surface area (Å²) in [6.45, 7) is 4.80. The van der Waals surface area contributed by atoms with Gasteiger partial charge in [-0.2, -0.15) is 0 Å². The predicted molar refractivity (Wildman–Crippen MR) is 165 cm³/mol. The quantitative estimate of drug-likeness (QED) is 0.0856. The molecule has 0 aromatic carbocycles. The number of ether oxygens (including phenoxy) is 2. The molecule has 0 aliphatic carbocycles. The highest BCUT2D eigenvalue weighted by atomic mass is 32.2. The number of tetrazole rings is 1. The first-order chi connectivity index (χ1) is 21.1. The first-order valence-electron chi connectivity index (χ1n) is 14.2. The molecule has 18 heteroatoms. The average Bonchev–Trinajstić information content (AvgIpc) is 3.60. The monoisotopic (exact) mass is 667 g/mol. The van der Waals surface area contributed by atoms with Crippen molar-refractivity contribution >= 4 is 63.7 Å². The van der Waals surface area contributed by atoms with Gasteiger partial charge in [-0.25, -0.2) is 14.5 Å². The normalized spacial score (nSPS) is 18.6. The molecule has 2 aromatic heterocycles. The van der Waals surface area contributed by atoms with Crippen LogP contribution in [0, 0.1) is 0 Å². The molecular formula is C26H37N9O6S3. The second-order valence-corrected chi connectivity index (χ2v) is 13.4. The van der Waals surface area contributed by atoms with Crippen LogP contribution in [0.4, 0.5) is 5.13 Å². The summed E-state index contributed by atoms with van der Waals surface area (Å²) in [4.78, 5) is 59.3. The summed E-state index contributed by atoms with van der Waals surface area (Å²) in [6, 6.07) is -0.826. The molecule has 1 fully saturated rings. The third kappa shape index (κ3) is 8.70. The Bertz CT molecular complexity index is 1380. The Kier molecular flexibility index (Phi) is 12.0. The number of carbonyl (C=O) groups is 4. The van der Waals surface area contributed by atoms with Crippen molar-refractivity contribution in [2.45, 2.75) is 75.4 Å². The second-order valence-electron chi connectivity index (χ2n) is 10.5. The van der Waals surface area contributed by atoms with E-state index in [1.165, 1.54) is 46.7 Å². The Morgan fingerprint density at radius 1 is 1.27 bits per heavy atom. The molecule has 0 radical (unpaired) electrons. The SMILES string of the molecule is CCCCCC(=O)OC(C)OC(=O)C1=C(CSc2nnnn2CCN(C)C)CS[C@H]2[C@H](NC(=O)Cc3csc(N)n3)C(=O)N12. The summed E-state index contributed by atoms with van der Waals surface area (Å²) in [7, 11) is 3.90. The van der Waals surface area contributed by atoms with Crippen molar-refractivity contribution in [1.82, 2.24) is 40.3 Å². The van der Waals surface area contributed by atoms with E-state index in [9.17, 15) is 19.2 Å². The number of thiazole rings is 1. The maximum atomic E-state index is 13.5. The maximum Gasteiger partial charge on any atom is 0.358 e. The van der Waals surface area contributed by atoms with E-state index in [2.05, 4.69) is 25.8 Å². The summed E-state index contributed by atoms with van der Waals surface area (Å²) in [5, 5.41) is 16.8. The van der Waals surface area contributed by atoms with E-state index in [1.54, 1.807) is 10.1 Å². The van der Waals surface area contributed by atoms with Crippen LogP contribution in [0.3, 0.4) is 0 Å². The van der Waals surface area contributed by atoms with Gasteiger partial charge in [0.2, 0.25) is 17.4 Å². The number of hydrogen-bond donors (Lipinski definition) is 2. The predicted octanol–water partition coefficient (Wildman–Crippen LogP) is 1.27. The summed E-state index contributed by atoms with van der Waals surface area (Å²) >= 11 is 4.00. The number of fused-ring (bicyclic) bond motifs is 1. The largest absolute Gasteiger partial charge is 0.425 e. The fraction of sp³-hybridized carbons (Fsp3) is 0.615. The van der Waals surface area contributed by atoms with E-state index >= 15 is 0 Å². The fourth-order valence-corrected chi connectivity index (χ4v) is 7.41. The number of hydrogen-bond acceptors (Lipinski definition) is 15. The van der Waals surface area contributed by atoms with Crippen molar-refractivity contribution in [2.24, 2.45) is 0 Å². The van der Waals surface area contributed by atoms with Crippen LogP contribution in [0.15, 0.2) is 21.8 Å². The van der Waals surface area contributed by atoms with Crippen molar-refractivity contribution in [3.63, 3.8) is 0 Å². The van der Waals surface area contributed by atoms with Gasteiger partial charge in [0, 0.05) is 36.8 Å². The van der Waals surface area contributed by atoms with Crippen molar-refractivity contribution in [1.29, 1.82) is 0 Å². The summed E-state index contributed by atoms with van der Waals surface area (Å²) in [5.74, 6) is -1.37. The summed E-state index contributed by atoms with van der Waals surface area (Å²) in [6.07, 6.45) is 1.58. The van der Waals surface area contributed by atoms with Gasteiger partial charge >= 0.3 is 11.9 Å². The van der Waals surface area contributed by atoms with Crippen LogP contribution >= 0.6 is 34.9 Å². The van der Waals surface area contributed by atoms with Crippen LogP contribution in [-0.4, -0.2) is 109 Å². The molecule has 4 heterocycles. The molecule has 2 aliphatic heterocycles. The number of aromatic nitrogens is 5. The zero-order valence-electron chi connectivity index (χ0n) is 25.1. The molecule has 44 heavy (non-hydrogen) atoms. The smallest absolute Gasteiger partial charge is 0.358 e. The Morgan fingerprint density at radius 2 is 2.07 bits per heavy atom. The number of β-lactam (4-membered cyclic amide) rings is 1. The Labute approximate surface area is 267 Å². The summed E-state index contributed by atoms with van der Waals surface area (Å²) in [5.41, 5.74) is 6.88. The molecule has 15 nitrogen and oxygen atoms in total. The van der Waals surface area contributed by atoms with E-state index in [0.29, 0.717) is 46.0 Å². The van der Waals surface area contributed by atoms with Crippen molar-refractivity contribution in [3.8, 4) is 0 Å². The van der Waals surface area contributed by atoms with Crippen LogP contribution in [-0.2, 0) is 41.6 Å². The number of carbonyl (C=O) groups excluding carboxylic acids is 4. The molecule has 0 spiro atoms. The van der Waals surface area contributed by atoms with Gasteiger partial charge in [0.25, 0.3) is 5.91 Å². The lowest BCUT2D eigenvalue weighted by molar-refractivity contribution is -0.184. The van der Waals surface area contributed by atoms with E-state index < -0.39 is 35.6 Å². The van der Waals surface area contributed by atoms with Gasteiger partial charge in [-0.3, -0.25) is 19.3 Å². The highest BCUT2D eigenvalue weighted by Gasteiger charge is 2.54. The number of nitrogen functional groups attached to an aromatic ring is 1. The number of nitrogens with one attached hydrogen (secondary N) is 1. The minimum atomic E-state index is -1.15. The number of likely N-dealkylation sites (N-methyl/N-ethyl adjacent to an activating group) is 1. The molecule has 1 saturated heterocycles. The zero-order chi connectivity index (χ0) is 31.8. The maximum absolute atomic E-state index is 13.5. The van der Waals surface area contributed by atoms with Gasteiger partial charge in [0.05, 0.1) is 18.7 Å². The van der Waals surface area contributed by atoms with E-state index in [1.807, 2.05) is 25.9 Å². The second kappa shape index (κ2) is 15.7. The number of anilines is 1. The molecule has 2 aliphatic rings. The van der Waals surface area contributed by atoms with Gasteiger partial charge in [0.1, 0.15) is 17.1 Å². The van der Waals surface area contributed by atoms with Crippen molar-refractivity contribution in [3.05, 3.63) is 22.3 Å². The topological polar surface area (TPSA) is 188 Å². The average molecular weight is 668 g/mol. The molecule has 2 amide bonds. The fourth-order valence-electron chi connectivity index (χ4n) is 4.46. The first-order valence-corrected chi connectivity index (χ1v) is 17.1. The Morgan fingerprint density at radius 3 is 2.77 bits per heavy atom. The molecule has 0 bridgehead atoms. The number of nitrogens with two attached hydrogens (primary N) is 1. The van der Waals surface area contributed by atoms with Crippen LogP contribution in [0.2, 0.25) is 0 Å². The third-order valence-electron chi connectivity index (χ3n) is 6.66. The minimum absolute atomic E-state index is 0.0226. The van der Waals surface area contributed by atoms with Crippen molar-refractivity contribution < 1.29 is 28.7 Å². The number of esters is 2. The Balaban J connectivity index is 1.47. The highest BCUT2D eigenvalue weighted by Crippen LogP contribution is 2.42. The van der Waals surface area contributed by atoms with Gasteiger partial charge in [0.15, 0.2) is 5.13 Å². The molecule has 3 N–H and O–H groups in total. The van der Waals surface area contributed by atoms with Crippen LogP contribution in [0.1, 0.15) is 45.2 Å². The molecular weight excluding hydrogens is 631 g/mol. The van der Waals surface area contributed by atoms with Gasteiger partial charge in [-0.05, 0) is 36.5 Å². The van der Waals surface area contributed by atoms with E-state index in [-0.39, 0.29) is 24.4 Å². The number of thioether (sulfide) groups is 2. The van der Waals surface area contributed by atoms with Gasteiger partial charge in [-0.1, -0.05) is 31.5 Å². The summed E-state index contributed by atoms with van der Waals surface area (Å²) < 4.78 is 12.5. The number of amides is 2. The minimum Gasteiger partial charge on any atom is -0.425 e. The van der Waals surface area contributed by atoms with Crippen LogP contribution in [0.5, 0.6) is 0 Å². The standard InChI is InChI=1S/C26H37N9O6S3/c1-5-6-7-8-19(37)40-15(2)41-24(39)21-16(13-44-26-30-31-32-34(26)10-9-33(3)4)12-42-23-20(22(38)35(21)23)29-18(36)11-17-14-43-25(27)28-17/h14-15,20,23H,5-13H2,1-4H3,(H2,27,28)(H,29,36)/t15?,20-,23+/m1/s1. The Hall–Kier alpha value is -3.22. The molecule has 0 saturated carbocycles. The number of nitrogens with zero attached hydrogens (tertiary/aromatic N) is 7. The lowest BCUT2D eigenvalue weighted by atomic mass is 10.0. The van der Waals surface area contributed by atoms with Gasteiger partial charge < -0.3 is 25.4 Å². The van der Waals surface area contributed by atoms with E-state index in [4.69, 9.17) is 15.2 Å². The van der Waals surface area contributed by atoms with Gasteiger partial charge in [-0.15, -0.1) is 28.2 Å². The van der Waals surface area contributed by atoms with Crippen LogP contribution in [0.25, 0.3) is 0 Å².